The van der Waals surface area contributed by atoms with Crippen LogP contribution in [0.2, 0.25) is 0 Å². The van der Waals surface area contributed by atoms with Gasteiger partial charge in [-0.1, -0.05) is 24.3 Å². The second-order valence-electron chi connectivity index (χ2n) is 7.24. The summed E-state index contributed by atoms with van der Waals surface area (Å²) in [6.45, 7) is 4.18. The van der Waals surface area contributed by atoms with Crippen molar-refractivity contribution in [3.8, 4) is 5.75 Å². The molecule has 29 heavy (non-hydrogen) atoms. The number of methoxy groups -OCH3 is 1. The third-order valence-corrected chi connectivity index (χ3v) is 7.32. The molecule has 1 aliphatic rings. The molecular formula is C22H28N2O4S. The minimum absolute atomic E-state index is 0.0273. The predicted octanol–water partition coefficient (Wildman–Crippen LogP) is 3.26. The fourth-order valence-corrected chi connectivity index (χ4v) is 5.18. The molecule has 0 aromatic heterocycles. The van der Waals surface area contributed by atoms with Gasteiger partial charge in [0.2, 0.25) is 10.0 Å². The maximum atomic E-state index is 12.9. The molecule has 6 nitrogen and oxygen atoms in total. The topological polar surface area (TPSA) is 66.9 Å². The van der Waals surface area contributed by atoms with E-state index < -0.39 is 10.0 Å². The Hall–Kier alpha value is -2.38. The Kier molecular flexibility index (Phi) is 6.92. The van der Waals surface area contributed by atoms with Crippen molar-refractivity contribution in [2.45, 2.75) is 24.7 Å². The molecule has 0 bridgehead atoms. The van der Waals surface area contributed by atoms with Crippen LogP contribution in [-0.4, -0.2) is 56.8 Å². The summed E-state index contributed by atoms with van der Waals surface area (Å²) < 4.78 is 32.6. The Morgan fingerprint density at radius 2 is 1.79 bits per heavy atom. The van der Waals surface area contributed by atoms with Crippen LogP contribution in [0.5, 0.6) is 5.75 Å². The Balaban J connectivity index is 1.61. The van der Waals surface area contributed by atoms with Crippen molar-refractivity contribution in [3.05, 3.63) is 60.2 Å². The zero-order valence-corrected chi connectivity index (χ0v) is 17.8. The van der Waals surface area contributed by atoms with Gasteiger partial charge >= 0.3 is 0 Å². The highest BCUT2D eigenvalue weighted by Crippen LogP contribution is 2.26. The second kappa shape index (κ2) is 9.41. The molecule has 0 atom stereocenters. The lowest BCUT2D eigenvalue weighted by Crippen LogP contribution is -2.42. The number of carbonyl (C=O) groups is 1. The van der Waals surface area contributed by atoms with Gasteiger partial charge in [0.25, 0.3) is 5.91 Å². The number of rotatable bonds is 7. The van der Waals surface area contributed by atoms with E-state index >= 15 is 0 Å². The highest BCUT2D eigenvalue weighted by molar-refractivity contribution is 7.89. The summed E-state index contributed by atoms with van der Waals surface area (Å²) in [5, 5.41) is 0. The first-order valence-corrected chi connectivity index (χ1v) is 11.4. The van der Waals surface area contributed by atoms with Crippen molar-refractivity contribution in [2.24, 2.45) is 5.92 Å². The number of piperidine rings is 1. The van der Waals surface area contributed by atoms with Crippen LogP contribution in [-0.2, 0) is 10.0 Å². The van der Waals surface area contributed by atoms with E-state index in [1.807, 2.05) is 42.2 Å². The zero-order valence-electron chi connectivity index (χ0n) is 17.0. The van der Waals surface area contributed by atoms with Crippen molar-refractivity contribution in [1.82, 2.24) is 9.21 Å². The van der Waals surface area contributed by atoms with Crippen LogP contribution in [0.15, 0.2) is 59.5 Å². The molecular weight excluding hydrogens is 388 g/mol. The molecule has 0 radical (unpaired) electrons. The number of hydrogen-bond donors (Lipinski definition) is 0. The SMILES string of the molecule is CCN(CC1CCN(S(=O)(=O)c2cccc(OC)c2)CC1)C(=O)c1ccccc1. The minimum atomic E-state index is -3.54. The Bertz CT molecular complexity index is 923. The van der Waals surface area contributed by atoms with Crippen LogP contribution >= 0.6 is 0 Å². The van der Waals surface area contributed by atoms with Crippen molar-refractivity contribution in [2.75, 3.05) is 33.3 Å². The van der Waals surface area contributed by atoms with Gasteiger partial charge in [-0.3, -0.25) is 4.79 Å². The smallest absolute Gasteiger partial charge is 0.253 e. The molecule has 0 N–H and O–H groups in total. The normalized spacial score (nSPS) is 15.8. The summed E-state index contributed by atoms with van der Waals surface area (Å²) in [5.41, 5.74) is 0.687. The molecule has 2 aromatic rings. The van der Waals surface area contributed by atoms with E-state index in [1.54, 1.807) is 24.3 Å². The van der Waals surface area contributed by atoms with E-state index in [0.717, 1.165) is 12.8 Å². The van der Waals surface area contributed by atoms with E-state index in [4.69, 9.17) is 4.74 Å². The van der Waals surface area contributed by atoms with Crippen LogP contribution in [0.4, 0.5) is 0 Å². The van der Waals surface area contributed by atoms with Crippen LogP contribution in [0.1, 0.15) is 30.1 Å². The number of benzene rings is 2. The summed E-state index contributed by atoms with van der Waals surface area (Å²) in [6, 6.07) is 15.8. The van der Waals surface area contributed by atoms with Gasteiger partial charge in [-0.2, -0.15) is 4.31 Å². The van der Waals surface area contributed by atoms with E-state index in [-0.39, 0.29) is 10.8 Å². The van der Waals surface area contributed by atoms with Gasteiger partial charge in [0.15, 0.2) is 0 Å². The number of carbonyl (C=O) groups excluding carboxylic acids is 1. The molecule has 0 saturated carbocycles. The van der Waals surface area contributed by atoms with E-state index in [1.165, 1.54) is 11.4 Å². The number of amides is 1. The molecule has 1 amide bonds. The minimum Gasteiger partial charge on any atom is -0.497 e. The molecule has 0 unspecified atom stereocenters. The lowest BCUT2D eigenvalue weighted by Gasteiger charge is -2.34. The Labute approximate surface area is 173 Å². The first kappa shape index (κ1) is 21.3. The molecule has 1 fully saturated rings. The van der Waals surface area contributed by atoms with Crippen molar-refractivity contribution < 1.29 is 17.9 Å². The third-order valence-electron chi connectivity index (χ3n) is 5.42. The van der Waals surface area contributed by atoms with Crippen LogP contribution in [0.3, 0.4) is 0 Å². The van der Waals surface area contributed by atoms with E-state index in [0.29, 0.717) is 43.4 Å². The molecule has 1 saturated heterocycles. The fraction of sp³-hybridized carbons (Fsp3) is 0.409. The molecule has 2 aromatic carbocycles. The quantitative estimate of drug-likeness (QED) is 0.695. The van der Waals surface area contributed by atoms with Gasteiger partial charge in [-0.05, 0) is 49.9 Å². The van der Waals surface area contributed by atoms with Crippen LogP contribution in [0.25, 0.3) is 0 Å². The average molecular weight is 417 g/mol. The first-order chi connectivity index (χ1) is 14.0. The van der Waals surface area contributed by atoms with Crippen molar-refractivity contribution in [1.29, 1.82) is 0 Å². The highest BCUT2D eigenvalue weighted by Gasteiger charge is 2.31. The summed E-state index contributed by atoms with van der Waals surface area (Å²) in [7, 11) is -2.02. The molecule has 1 aliphatic heterocycles. The number of sulfonamides is 1. The lowest BCUT2D eigenvalue weighted by molar-refractivity contribution is 0.0717. The zero-order chi connectivity index (χ0) is 20.9. The maximum absolute atomic E-state index is 12.9. The molecule has 7 heteroatoms. The number of nitrogens with zero attached hydrogens (tertiary/aromatic N) is 2. The maximum Gasteiger partial charge on any atom is 0.253 e. The summed E-state index contributed by atoms with van der Waals surface area (Å²) in [5.74, 6) is 0.845. The monoisotopic (exact) mass is 416 g/mol. The van der Waals surface area contributed by atoms with Gasteiger partial charge < -0.3 is 9.64 Å². The molecule has 1 heterocycles. The highest BCUT2D eigenvalue weighted by atomic mass is 32.2. The average Bonchev–Trinajstić information content (AvgIpc) is 2.78. The summed E-state index contributed by atoms with van der Waals surface area (Å²) >= 11 is 0. The van der Waals surface area contributed by atoms with Gasteiger partial charge in [-0.25, -0.2) is 8.42 Å². The molecule has 3 rings (SSSR count). The van der Waals surface area contributed by atoms with Crippen molar-refractivity contribution >= 4 is 15.9 Å². The molecule has 156 valence electrons. The molecule has 0 aliphatic carbocycles. The first-order valence-electron chi connectivity index (χ1n) is 9.94. The van der Waals surface area contributed by atoms with Crippen LogP contribution < -0.4 is 4.74 Å². The Morgan fingerprint density at radius 3 is 2.41 bits per heavy atom. The summed E-state index contributed by atoms with van der Waals surface area (Å²) in [4.78, 5) is 14.8. The third kappa shape index (κ3) is 4.97. The van der Waals surface area contributed by atoms with Gasteiger partial charge in [-0.15, -0.1) is 0 Å². The van der Waals surface area contributed by atoms with Gasteiger partial charge in [0, 0.05) is 37.8 Å². The van der Waals surface area contributed by atoms with Crippen molar-refractivity contribution in [3.63, 3.8) is 0 Å². The summed E-state index contributed by atoms with van der Waals surface area (Å²) in [6.07, 6.45) is 1.48. The fourth-order valence-electron chi connectivity index (χ4n) is 3.67. The van der Waals surface area contributed by atoms with E-state index in [9.17, 15) is 13.2 Å². The second-order valence-corrected chi connectivity index (χ2v) is 9.17. The molecule has 0 spiro atoms. The van der Waals surface area contributed by atoms with Crippen LogP contribution in [0, 0.1) is 5.92 Å². The largest absolute Gasteiger partial charge is 0.497 e. The standard InChI is InChI=1S/C22H28N2O4S/c1-3-23(22(25)19-8-5-4-6-9-19)17-18-12-14-24(15-13-18)29(26,27)21-11-7-10-20(16-21)28-2/h4-11,16,18H,3,12-15,17H2,1-2H3. The predicted molar refractivity (Wildman–Crippen MR) is 112 cm³/mol. The van der Waals surface area contributed by atoms with Gasteiger partial charge in [0.1, 0.15) is 5.75 Å². The number of hydrogen-bond acceptors (Lipinski definition) is 4. The van der Waals surface area contributed by atoms with E-state index in [2.05, 4.69) is 0 Å². The van der Waals surface area contributed by atoms with Gasteiger partial charge in [0.05, 0.1) is 12.0 Å². The number of ether oxygens (including phenoxy) is 1. The Morgan fingerprint density at radius 1 is 1.10 bits per heavy atom. The lowest BCUT2D eigenvalue weighted by atomic mass is 9.97.